The van der Waals surface area contributed by atoms with Crippen LogP contribution in [0.15, 0.2) is 0 Å². The summed E-state index contributed by atoms with van der Waals surface area (Å²) in [6.07, 6.45) is 0.649. The molecule has 2 aliphatic heterocycles. The van der Waals surface area contributed by atoms with E-state index < -0.39 is 11.9 Å². The molecule has 2 atom stereocenters. The van der Waals surface area contributed by atoms with Gasteiger partial charge >= 0.3 is 0 Å². The third-order valence-electron chi connectivity index (χ3n) is 4.56. The number of hydrogen-bond donors (Lipinski definition) is 2. The van der Waals surface area contributed by atoms with Crippen LogP contribution in [0.3, 0.4) is 0 Å². The molecule has 0 aromatic heterocycles. The highest BCUT2D eigenvalue weighted by Crippen LogP contribution is 2.48. The number of rotatable bonds is 4. The Kier molecular flexibility index (Phi) is 4.94. The van der Waals surface area contributed by atoms with Gasteiger partial charge in [-0.25, -0.2) is 0 Å². The van der Waals surface area contributed by atoms with Gasteiger partial charge in [-0.3, -0.25) is 4.90 Å². The number of β-amino-alcohol motifs (C(OH)–C–C–N with tert-alkyl or cyclic N) is 1. The van der Waals surface area contributed by atoms with E-state index in [4.69, 9.17) is 26.2 Å². The number of nitrogens with zero attached hydrogens (tertiary/aromatic N) is 1. The van der Waals surface area contributed by atoms with Gasteiger partial charge in [-0.2, -0.15) is 0 Å². The molecule has 2 saturated heterocycles. The Labute approximate surface area is 132 Å². The van der Waals surface area contributed by atoms with Crippen LogP contribution in [0, 0.1) is 0 Å². The third kappa shape index (κ3) is 3.54. The highest BCUT2D eigenvalue weighted by Gasteiger charge is 2.56. The van der Waals surface area contributed by atoms with E-state index in [0.717, 1.165) is 12.8 Å². The molecule has 2 fully saturated rings. The molecule has 2 unspecified atom stereocenters. The zero-order chi connectivity index (χ0) is 15.9. The molecule has 6 heteroatoms. The van der Waals surface area contributed by atoms with E-state index in [1.165, 1.54) is 0 Å². The van der Waals surface area contributed by atoms with Crippen molar-refractivity contribution in [2.75, 3.05) is 25.6 Å². The van der Waals surface area contributed by atoms with Crippen molar-refractivity contribution >= 4 is 11.6 Å². The van der Waals surface area contributed by atoms with Crippen molar-refractivity contribution in [1.82, 2.24) is 4.90 Å². The Morgan fingerprint density at radius 3 is 2.24 bits per heavy atom. The molecule has 124 valence electrons. The lowest BCUT2D eigenvalue weighted by Crippen LogP contribution is -2.67. The molecule has 2 aliphatic rings. The standard InChI is InChI=1S/C15H28ClNO4/c1-13(2)9-15(20-8-12(5-16)21-15)10-14(3,4)17(13)6-11(19)7-18/h11-12,18-19H,5-10H2,1-4H3. The van der Waals surface area contributed by atoms with E-state index in [9.17, 15) is 5.11 Å². The molecule has 5 nitrogen and oxygen atoms in total. The molecular formula is C15H28ClNO4. The lowest BCUT2D eigenvalue weighted by atomic mass is 9.76. The second kappa shape index (κ2) is 5.95. The summed E-state index contributed by atoms with van der Waals surface area (Å²) < 4.78 is 12.1. The minimum Gasteiger partial charge on any atom is -0.394 e. The Morgan fingerprint density at radius 1 is 1.24 bits per heavy atom. The van der Waals surface area contributed by atoms with Gasteiger partial charge in [0.2, 0.25) is 0 Å². The molecule has 1 spiro atoms. The van der Waals surface area contributed by atoms with Crippen molar-refractivity contribution in [2.45, 2.75) is 69.6 Å². The number of likely N-dealkylation sites (tertiary alicyclic amines) is 1. The quantitative estimate of drug-likeness (QED) is 0.765. The molecule has 0 bridgehead atoms. The van der Waals surface area contributed by atoms with Gasteiger partial charge in [-0.15, -0.1) is 11.6 Å². The van der Waals surface area contributed by atoms with E-state index in [1.807, 2.05) is 0 Å². The average molecular weight is 322 g/mol. The molecule has 0 amide bonds. The van der Waals surface area contributed by atoms with Crippen LogP contribution in [0.2, 0.25) is 0 Å². The summed E-state index contributed by atoms with van der Waals surface area (Å²) in [5, 5.41) is 19.0. The summed E-state index contributed by atoms with van der Waals surface area (Å²) in [6.45, 7) is 9.25. The Hall–Kier alpha value is 0.0900. The molecule has 0 radical (unpaired) electrons. The van der Waals surface area contributed by atoms with E-state index in [2.05, 4.69) is 32.6 Å². The van der Waals surface area contributed by atoms with E-state index in [-0.39, 0.29) is 23.8 Å². The zero-order valence-corrected chi connectivity index (χ0v) is 14.2. The SMILES string of the molecule is CC1(C)CC2(CC(C)(C)N1CC(O)CO)OCC(CCl)O2. The predicted molar refractivity (Wildman–Crippen MR) is 81.5 cm³/mol. The van der Waals surface area contributed by atoms with E-state index in [1.54, 1.807) is 0 Å². The topological polar surface area (TPSA) is 62.2 Å². The lowest BCUT2D eigenvalue weighted by Gasteiger charge is -2.58. The van der Waals surface area contributed by atoms with Crippen molar-refractivity contribution in [3.05, 3.63) is 0 Å². The molecule has 2 N–H and O–H groups in total. The first-order valence-corrected chi connectivity index (χ1v) is 8.12. The number of aliphatic hydroxyl groups is 2. The number of hydrogen-bond acceptors (Lipinski definition) is 5. The van der Waals surface area contributed by atoms with Gasteiger partial charge in [0, 0.05) is 30.5 Å². The molecular weight excluding hydrogens is 294 g/mol. The first-order chi connectivity index (χ1) is 9.64. The van der Waals surface area contributed by atoms with Crippen molar-refractivity contribution < 1.29 is 19.7 Å². The van der Waals surface area contributed by atoms with Gasteiger partial charge in [0.25, 0.3) is 0 Å². The van der Waals surface area contributed by atoms with Crippen molar-refractivity contribution in [3.8, 4) is 0 Å². The van der Waals surface area contributed by atoms with Crippen LogP contribution in [-0.2, 0) is 9.47 Å². The van der Waals surface area contributed by atoms with Crippen molar-refractivity contribution in [1.29, 1.82) is 0 Å². The number of piperidine rings is 1. The molecule has 0 aliphatic carbocycles. The van der Waals surface area contributed by atoms with Crippen LogP contribution >= 0.6 is 11.6 Å². The van der Waals surface area contributed by atoms with Crippen LogP contribution in [0.1, 0.15) is 40.5 Å². The highest BCUT2D eigenvalue weighted by atomic mass is 35.5. The fourth-order valence-corrected chi connectivity index (χ4v) is 4.18. The summed E-state index contributed by atoms with van der Waals surface area (Å²) in [4.78, 5) is 2.24. The number of halogens is 1. The first kappa shape index (κ1) is 17.4. The van der Waals surface area contributed by atoms with Gasteiger partial charge < -0.3 is 19.7 Å². The molecule has 2 heterocycles. The Bertz CT molecular complexity index is 357. The minimum absolute atomic E-state index is 0.0483. The molecule has 2 rings (SSSR count). The second-order valence-electron chi connectivity index (χ2n) is 7.54. The van der Waals surface area contributed by atoms with E-state index in [0.29, 0.717) is 19.0 Å². The first-order valence-electron chi connectivity index (χ1n) is 7.58. The van der Waals surface area contributed by atoms with Crippen molar-refractivity contribution in [2.24, 2.45) is 0 Å². The van der Waals surface area contributed by atoms with Crippen LogP contribution in [0.5, 0.6) is 0 Å². The highest BCUT2D eigenvalue weighted by molar-refractivity contribution is 6.18. The normalized spacial score (nSPS) is 32.4. The summed E-state index contributed by atoms with van der Waals surface area (Å²) >= 11 is 5.89. The number of aliphatic hydroxyl groups excluding tert-OH is 2. The predicted octanol–water partition coefficient (Wildman–Crippen LogP) is 1.34. The fraction of sp³-hybridized carbons (Fsp3) is 1.00. The summed E-state index contributed by atoms with van der Waals surface area (Å²) in [5.74, 6) is -0.150. The van der Waals surface area contributed by atoms with Crippen LogP contribution < -0.4 is 0 Å². The number of ether oxygens (including phenoxy) is 2. The van der Waals surface area contributed by atoms with Crippen LogP contribution in [0.4, 0.5) is 0 Å². The summed E-state index contributed by atoms with van der Waals surface area (Å²) in [6, 6.07) is 0. The molecule has 0 aromatic carbocycles. The van der Waals surface area contributed by atoms with Gasteiger partial charge in [0.1, 0.15) is 0 Å². The van der Waals surface area contributed by atoms with Crippen LogP contribution in [0.25, 0.3) is 0 Å². The van der Waals surface area contributed by atoms with Gasteiger partial charge in [-0.05, 0) is 27.7 Å². The van der Waals surface area contributed by atoms with Crippen LogP contribution in [-0.4, -0.2) is 69.8 Å². The fourth-order valence-electron chi connectivity index (χ4n) is 4.03. The maximum atomic E-state index is 9.84. The van der Waals surface area contributed by atoms with E-state index >= 15 is 0 Å². The number of alkyl halides is 1. The molecule has 0 saturated carbocycles. The van der Waals surface area contributed by atoms with Gasteiger partial charge in [0.15, 0.2) is 5.79 Å². The van der Waals surface area contributed by atoms with Crippen molar-refractivity contribution in [3.63, 3.8) is 0 Å². The minimum atomic E-state index is -0.737. The smallest absolute Gasteiger partial charge is 0.172 e. The monoisotopic (exact) mass is 321 g/mol. The van der Waals surface area contributed by atoms with Gasteiger partial charge in [-0.1, -0.05) is 0 Å². The molecule has 0 aromatic rings. The summed E-state index contributed by atoms with van der Waals surface area (Å²) in [5.41, 5.74) is -0.418. The second-order valence-corrected chi connectivity index (χ2v) is 7.85. The largest absolute Gasteiger partial charge is 0.394 e. The maximum absolute atomic E-state index is 9.84. The third-order valence-corrected chi connectivity index (χ3v) is 4.90. The Morgan fingerprint density at radius 2 is 1.81 bits per heavy atom. The summed E-state index contributed by atoms with van der Waals surface area (Å²) in [7, 11) is 0. The Balaban J connectivity index is 2.19. The van der Waals surface area contributed by atoms with Gasteiger partial charge in [0.05, 0.1) is 31.3 Å². The lowest BCUT2D eigenvalue weighted by molar-refractivity contribution is -0.247. The average Bonchev–Trinajstić information content (AvgIpc) is 2.75. The molecule has 21 heavy (non-hydrogen) atoms. The maximum Gasteiger partial charge on any atom is 0.172 e. The zero-order valence-electron chi connectivity index (χ0n) is 13.4.